The summed E-state index contributed by atoms with van der Waals surface area (Å²) in [5.41, 5.74) is 4.61. The van der Waals surface area contributed by atoms with Crippen LogP contribution in [-0.4, -0.2) is 54.7 Å². The van der Waals surface area contributed by atoms with E-state index in [1.54, 1.807) is 4.90 Å². The molecule has 2 heterocycles. The van der Waals surface area contributed by atoms with Gasteiger partial charge in [-0.15, -0.1) is 0 Å². The number of aliphatic hydroxyl groups excluding tert-OH is 1. The lowest BCUT2D eigenvalue weighted by atomic mass is 10.00. The van der Waals surface area contributed by atoms with E-state index in [0.717, 1.165) is 28.1 Å². The minimum absolute atomic E-state index is 0.0457. The molecule has 2 aromatic rings. The summed E-state index contributed by atoms with van der Waals surface area (Å²) in [6.45, 7) is 2.08. The number of hydrogen-bond acceptors (Lipinski definition) is 6. The first-order chi connectivity index (χ1) is 14.5. The summed E-state index contributed by atoms with van der Waals surface area (Å²) in [7, 11) is 0. The number of amides is 2. The van der Waals surface area contributed by atoms with E-state index >= 15 is 0 Å². The Morgan fingerprint density at radius 1 is 1.10 bits per heavy atom. The first kappa shape index (κ1) is 19.9. The van der Waals surface area contributed by atoms with Gasteiger partial charge in [0.15, 0.2) is 6.10 Å². The van der Waals surface area contributed by atoms with Crippen LogP contribution in [0.15, 0.2) is 53.7 Å². The second-order valence-electron chi connectivity index (χ2n) is 7.33. The quantitative estimate of drug-likeness (QED) is 0.763. The third kappa shape index (κ3) is 4.28. The van der Waals surface area contributed by atoms with Crippen molar-refractivity contribution in [2.24, 2.45) is 5.16 Å². The van der Waals surface area contributed by atoms with Crippen LogP contribution in [0.1, 0.15) is 18.9 Å². The monoisotopic (exact) mass is 409 g/mol. The highest BCUT2D eigenvalue weighted by Crippen LogP contribution is 2.27. The van der Waals surface area contributed by atoms with Crippen LogP contribution in [0.4, 0.5) is 10.5 Å². The molecule has 2 aliphatic rings. The zero-order valence-electron chi connectivity index (χ0n) is 16.6. The van der Waals surface area contributed by atoms with Gasteiger partial charge in [0.1, 0.15) is 6.10 Å². The zero-order chi connectivity index (χ0) is 21.1. The van der Waals surface area contributed by atoms with Crippen LogP contribution >= 0.6 is 0 Å². The predicted octanol–water partition coefficient (Wildman–Crippen LogP) is 2.30. The van der Waals surface area contributed by atoms with Crippen LogP contribution < -0.4 is 10.2 Å². The Morgan fingerprint density at radius 3 is 2.33 bits per heavy atom. The summed E-state index contributed by atoms with van der Waals surface area (Å²) in [6, 6.07) is 15.6. The molecule has 0 radical (unpaired) electrons. The lowest BCUT2D eigenvalue weighted by Gasteiger charge is -2.14. The van der Waals surface area contributed by atoms with E-state index in [1.165, 1.54) is 6.92 Å². The molecular weight excluding hydrogens is 386 g/mol. The summed E-state index contributed by atoms with van der Waals surface area (Å²) < 4.78 is 5.31. The van der Waals surface area contributed by atoms with Gasteiger partial charge in [0.05, 0.1) is 25.4 Å². The van der Waals surface area contributed by atoms with Gasteiger partial charge >= 0.3 is 6.09 Å². The molecule has 0 spiro atoms. The first-order valence-electron chi connectivity index (χ1n) is 9.80. The van der Waals surface area contributed by atoms with Crippen LogP contribution in [0.5, 0.6) is 0 Å². The van der Waals surface area contributed by atoms with Crippen LogP contribution in [0.3, 0.4) is 0 Å². The molecule has 0 saturated carbocycles. The first-order valence-corrected chi connectivity index (χ1v) is 9.80. The molecule has 1 saturated heterocycles. The fourth-order valence-corrected chi connectivity index (χ4v) is 3.48. The number of carbonyl (C=O) groups is 2. The Kier molecular flexibility index (Phi) is 5.67. The maximum Gasteiger partial charge on any atom is 0.414 e. The molecule has 2 N–H and O–H groups in total. The van der Waals surface area contributed by atoms with Crippen molar-refractivity contribution in [1.82, 2.24) is 5.32 Å². The molecule has 2 amide bonds. The van der Waals surface area contributed by atoms with Gasteiger partial charge < -0.3 is 20.0 Å². The van der Waals surface area contributed by atoms with E-state index < -0.39 is 6.09 Å². The van der Waals surface area contributed by atoms with Gasteiger partial charge in [-0.25, -0.2) is 4.79 Å². The molecule has 0 aromatic heterocycles. The zero-order valence-corrected chi connectivity index (χ0v) is 16.6. The number of benzene rings is 2. The number of hydrogen-bond donors (Lipinski definition) is 2. The fraction of sp³-hybridized carbons (Fsp3) is 0.318. The molecule has 1 unspecified atom stereocenters. The molecule has 2 aromatic carbocycles. The van der Waals surface area contributed by atoms with E-state index in [0.29, 0.717) is 19.5 Å². The lowest BCUT2D eigenvalue weighted by Crippen LogP contribution is -2.33. The Bertz CT molecular complexity index is 956. The standard InChI is InChI=1S/C22H23N3O5/c1-14(27)23-11-20-12-25(22(28)29-20)18-8-6-16(7-9-18)15-2-4-17(5-3-15)21-10-19(13-26)30-24-21/h2-9,19-20,26H,10-13H2,1H3,(H,23,27)/t19?,20-/m1/s1. The Morgan fingerprint density at radius 2 is 1.73 bits per heavy atom. The number of nitrogens with zero attached hydrogens (tertiary/aromatic N) is 2. The van der Waals surface area contributed by atoms with E-state index in [2.05, 4.69) is 10.5 Å². The van der Waals surface area contributed by atoms with Crippen LogP contribution in [0, 0.1) is 0 Å². The fourth-order valence-electron chi connectivity index (χ4n) is 3.48. The van der Waals surface area contributed by atoms with E-state index in [9.17, 15) is 9.59 Å². The molecule has 4 rings (SSSR count). The van der Waals surface area contributed by atoms with Gasteiger partial charge in [0.25, 0.3) is 0 Å². The highest BCUT2D eigenvalue weighted by Gasteiger charge is 2.32. The average Bonchev–Trinajstić information content (AvgIpc) is 3.39. The van der Waals surface area contributed by atoms with Gasteiger partial charge in [-0.05, 0) is 28.8 Å². The molecule has 8 nitrogen and oxygen atoms in total. The van der Waals surface area contributed by atoms with Crippen molar-refractivity contribution in [3.05, 3.63) is 54.1 Å². The minimum atomic E-state index is -0.414. The molecular formula is C22H23N3O5. The van der Waals surface area contributed by atoms with Gasteiger partial charge in [-0.2, -0.15) is 0 Å². The summed E-state index contributed by atoms with van der Waals surface area (Å²) in [5.74, 6) is -0.152. The Hall–Kier alpha value is -3.39. The highest BCUT2D eigenvalue weighted by atomic mass is 16.6. The molecule has 156 valence electrons. The number of aliphatic hydroxyl groups is 1. The van der Waals surface area contributed by atoms with Gasteiger partial charge in [0.2, 0.25) is 5.91 Å². The number of ether oxygens (including phenoxy) is 1. The molecule has 0 aliphatic carbocycles. The third-order valence-corrected chi connectivity index (χ3v) is 5.12. The number of carbonyl (C=O) groups excluding carboxylic acids is 2. The second kappa shape index (κ2) is 8.54. The largest absolute Gasteiger partial charge is 0.442 e. The van der Waals surface area contributed by atoms with Gasteiger partial charge in [0, 0.05) is 19.0 Å². The van der Waals surface area contributed by atoms with Gasteiger partial charge in [-0.1, -0.05) is 41.6 Å². The number of cyclic esters (lactones) is 1. The molecule has 1 fully saturated rings. The molecule has 0 bridgehead atoms. The van der Waals surface area contributed by atoms with Crippen molar-refractivity contribution < 1.29 is 24.3 Å². The summed E-state index contributed by atoms with van der Waals surface area (Å²) >= 11 is 0. The number of rotatable bonds is 6. The Balaban J connectivity index is 1.41. The molecule has 2 atom stereocenters. The van der Waals surface area contributed by atoms with E-state index in [-0.39, 0.29) is 24.7 Å². The summed E-state index contributed by atoms with van der Waals surface area (Å²) in [5, 5.41) is 15.9. The van der Waals surface area contributed by atoms with E-state index in [4.69, 9.17) is 14.7 Å². The maximum absolute atomic E-state index is 12.1. The maximum atomic E-state index is 12.1. The molecule has 2 aliphatic heterocycles. The van der Waals surface area contributed by atoms with Crippen molar-refractivity contribution in [2.45, 2.75) is 25.6 Å². The van der Waals surface area contributed by atoms with Crippen LogP contribution in [-0.2, 0) is 14.4 Å². The smallest absolute Gasteiger partial charge is 0.414 e. The topological polar surface area (TPSA) is 100 Å². The van der Waals surface area contributed by atoms with Crippen molar-refractivity contribution in [1.29, 1.82) is 0 Å². The van der Waals surface area contributed by atoms with Gasteiger partial charge in [-0.3, -0.25) is 9.69 Å². The minimum Gasteiger partial charge on any atom is -0.442 e. The SMILES string of the molecule is CC(=O)NC[C@@H]1CN(c2ccc(-c3ccc(C4=NOC(CO)C4)cc3)cc2)C(=O)O1. The van der Waals surface area contributed by atoms with Crippen molar-refractivity contribution in [3.8, 4) is 11.1 Å². The third-order valence-electron chi connectivity index (χ3n) is 5.12. The number of nitrogens with one attached hydrogen (secondary N) is 1. The predicted molar refractivity (Wildman–Crippen MR) is 111 cm³/mol. The van der Waals surface area contributed by atoms with Crippen molar-refractivity contribution >= 4 is 23.4 Å². The van der Waals surface area contributed by atoms with Crippen LogP contribution in [0.2, 0.25) is 0 Å². The van der Waals surface area contributed by atoms with E-state index in [1.807, 2.05) is 48.5 Å². The number of anilines is 1. The normalized spacial score (nSPS) is 20.5. The summed E-state index contributed by atoms with van der Waals surface area (Å²) in [4.78, 5) is 29.9. The average molecular weight is 409 g/mol. The molecule has 8 heteroatoms. The number of oxime groups is 1. The molecule has 30 heavy (non-hydrogen) atoms. The summed E-state index contributed by atoms with van der Waals surface area (Å²) in [6.07, 6.45) is -0.438. The highest BCUT2D eigenvalue weighted by molar-refractivity contribution is 6.01. The Labute approximate surface area is 174 Å². The van der Waals surface area contributed by atoms with Crippen LogP contribution in [0.25, 0.3) is 11.1 Å². The van der Waals surface area contributed by atoms with Crippen molar-refractivity contribution in [2.75, 3.05) is 24.6 Å². The lowest BCUT2D eigenvalue weighted by molar-refractivity contribution is -0.119. The second-order valence-corrected chi connectivity index (χ2v) is 7.33. The van der Waals surface area contributed by atoms with Crippen molar-refractivity contribution in [3.63, 3.8) is 0 Å².